The van der Waals surface area contributed by atoms with Crippen LogP contribution in [0.4, 0.5) is 4.79 Å². The zero-order valence-electron chi connectivity index (χ0n) is 12.0. The normalized spacial score (nSPS) is 25.0. The van der Waals surface area contributed by atoms with Crippen molar-refractivity contribution in [1.29, 1.82) is 0 Å². The molecule has 1 heterocycles. The summed E-state index contributed by atoms with van der Waals surface area (Å²) < 4.78 is 0. The van der Waals surface area contributed by atoms with Crippen molar-refractivity contribution in [3.63, 3.8) is 0 Å². The predicted molar refractivity (Wildman–Crippen MR) is 73.9 cm³/mol. The largest absolute Gasteiger partial charge is 0.480 e. The fourth-order valence-electron chi connectivity index (χ4n) is 3.56. The highest BCUT2D eigenvalue weighted by atomic mass is 16.4. The molecule has 1 aliphatic carbocycles. The summed E-state index contributed by atoms with van der Waals surface area (Å²) in [5.74, 6) is -1.91. The number of urea groups is 1. The maximum absolute atomic E-state index is 12.5. The average molecular weight is 298 g/mol. The quantitative estimate of drug-likeness (QED) is 0.813. The Balaban J connectivity index is 2.10. The van der Waals surface area contributed by atoms with Crippen molar-refractivity contribution in [3.8, 4) is 0 Å². The SMILES string of the molecule is O=C(O)CN(CC(=O)O)C(=O)N1CCCC2CCCCC21. The number of hydrogen-bond donors (Lipinski definition) is 2. The molecule has 1 aliphatic heterocycles. The highest BCUT2D eigenvalue weighted by Crippen LogP contribution is 2.35. The summed E-state index contributed by atoms with van der Waals surface area (Å²) >= 11 is 0. The van der Waals surface area contributed by atoms with Gasteiger partial charge in [-0.05, 0) is 31.6 Å². The monoisotopic (exact) mass is 298 g/mol. The third-order valence-corrected chi connectivity index (χ3v) is 4.41. The second-order valence-electron chi connectivity index (χ2n) is 5.87. The van der Waals surface area contributed by atoms with E-state index in [1.807, 2.05) is 0 Å². The van der Waals surface area contributed by atoms with Crippen LogP contribution in [0.5, 0.6) is 0 Å². The maximum Gasteiger partial charge on any atom is 0.323 e. The highest BCUT2D eigenvalue weighted by molar-refractivity contribution is 5.84. The van der Waals surface area contributed by atoms with Gasteiger partial charge in [-0.3, -0.25) is 9.59 Å². The minimum absolute atomic E-state index is 0.144. The van der Waals surface area contributed by atoms with E-state index in [9.17, 15) is 14.4 Å². The number of aliphatic carboxylic acids is 2. The van der Waals surface area contributed by atoms with E-state index in [-0.39, 0.29) is 6.04 Å². The van der Waals surface area contributed by atoms with Crippen LogP contribution in [0.15, 0.2) is 0 Å². The number of carboxylic acid groups (broad SMARTS) is 2. The Kier molecular flexibility index (Phi) is 5.03. The van der Waals surface area contributed by atoms with E-state index in [0.29, 0.717) is 12.5 Å². The molecule has 7 heteroatoms. The minimum atomic E-state index is -1.19. The summed E-state index contributed by atoms with van der Waals surface area (Å²) in [7, 11) is 0. The molecule has 2 unspecified atom stereocenters. The third-order valence-electron chi connectivity index (χ3n) is 4.41. The number of rotatable bonds is 4. The number of piperidine rings is 1. The van der Waals surface area contributed by atoms with E-state index in [2.05, 4.69) is 0 Å². The Bertz CT molecular complexity index is 408. The first-order chi connectivity index (χ1) is 9.99. The van der Waals surface area contributed by atoms with Gasteiger partial charge in [-0.2, -0.15) is 0 Å². The lowest BCUT2D eigenvalue weighted by atomic mass is 9.78. The minimum Gasteiger partial charge on any atom is -0.480 e. The molecule has 2 aliphatic rings. The van der Waals surface area contributed by atoms with Crippen LogP contribution in [0.25, 0.3) is 0 Å². The van der Waals surface area contributed by atoms with Crippen molar-refractivity contribution in [3.05, 3.63) is 0 Å². The van der Waals surface area contributed by atoms with Crippen molar-refractivity contribution in [2.45, 2.75) is 44.6 Å². The summed E-state index contributed by atoms with van der Waals surface area (Å²) in [6.45, 7) is -0.548. The van der Waals surface area contributed by atoms with Gasteiger partial charge in [0.15, 0.2) is 0 Å². The molecule has 0 spiro atoms. The number of likely N-dealkylation sites (tertiary alicyclic amines) is 1. The Morgan fingerprint density at radius 3 is 2.14 bits per heavy atom. The molecule has 0 aromatic carbocycles. The lowest BCUT2D eigenvalue weighted by Crippen LogP contribution is -2.55. The highest BCUT2D eigenvalue weighted by Gasteiger charge is 2.38. The molecule has 2 rings (SSSR count). The van der Waals surface area contributed by atoms with Crippen LogP contribution >= 0.6 is 0 Å². The van der Waals surface area contributed by atoms with Gasteiger partial charge in [-0.15, -0.1) is 0 Å². The number of amides is 2. The van der Waals surface area contributed by atoms with E-state index in [4.69, 9.17) is 10.2 Å². The Labute approximate surface area is 123 Å². The first-order valence-electron chi connectivity index (χ1n) is 7.48. The lowest BCUT2D eigenvalue weighted by Gasteiger charge is -2.45. The Morgan fingerprint density at radius 2 is 1.52 bits per heavy atom. The van der Waals surface area contributed by atoms with Crippen LogP contribution < -0.4 is 0 Å². The molecular weight excluding hydrogens is 276 g/mol. The molecule has 1 saturated carbocycles. The van der Waals surface area contributed by atoms with Gasteiger partial charge in [0.05, 0.1) is 0 Å². The number of carbonyl (C=O) groups excluding carboxylic acids is 1. The fraction of sp³-hybridized carbons (Fsp3) is 0.786. The predicted octanol–water partition coefficient (Wildman–Crippen LogP) is 1.23. The number of carboxylic acids is 2. The first-order valence-corrected chi connectivity index (χ1v) is 7.48. The Morgan fingerprint density at radius 1 is 0.952 bits per heavy atom. The zero-order valence-corrected chi connectivity index (χ0v) is 12.0. The smallest absolute Gasteiger partial charge is 0.323 e. The number of nitrogens with zero attached hydrogens (tertiary/aromatic N) is 2. The second kappa shape index (κ2) is 6.78. The van der Waals surface area contributed by atoms with Crippen LogP contribution in [0.2, 0.25) is 0 Å². The van der Waals surface area contributed by atoms with Crippen molar-refractivity contribution >= 4 is 18.0 Å². The summed E-state index contributed by atoms with van der Waals surface area (Å²) in [5.41, 5.74) is 0. The average Bonchev–Trinajstić information content (AvgIpc) is 2.44. The fourth-order valence-corrected chi connectivity index (χ4v) is 3.56. The van der Waals surface area contributed by atoms with E-state index >= 15 is 0 Å². The standard InChI is InChI=1S/C14H22N2O5/c17-12(18)8-15(9-13(19)20)14(21)16-7-3-5-10-4-1-2-6-11(10)16/h10-11H,1-9H2,(H,17,18)(H,19,20). The zero-order chi connectivity index (χ0) is 15.4. The van der Waals surface area contributed by atoms with Gasteiger partial charge in [-0.1, -0.05) is 12.8 Å². The molecule has 2 amide bonds. The van der Waals surface area contributed by atoms with E-state index in [1.54, 1.807) is 4.90 Å². The molecule has 2 N–H and O–H groups in total. The van der Waals surface area contributed by atoms with Crippen molar-refractivity contribution < 1.29 is 24.6 Å². The molecule has 0 radical (unpaired) electrons. The van der Waals surface area contributed by atoms with Crippen LogP contribution in [0.1, 0.15) is 38.5 Å². The number of fused-ring (bicyclic) bond motifs is 1. The molecule has 0 aromatic rings. The summed E-state index contributed by atoms with van der Waals surface area (Å²) in [5, 5.41) is 17.7. The van der Waals surface area contributed by atoms with E-state index in [1.165, 1.54) is 6.42 Å². The molecule has 2 atom stereocenters. The molecule has 0 bridgehead atoms. The second-order valence-corrected chi connectivity index (χ2v) is 5.87. The van der Waals surface area contributed by atoms with Gasteiger partial charge >= 0.3 is 18.0 Å². The van der Waals surface area contributed by atoms with Crippen molar-refractivity contribution in [1.82, 2.24) is 9.80 Å². The first kappa shape index (κ1) is 15.6. The Hall–Kier alpha value is -1.79. The molecular formula is C14H22N2O5. The van der Waals surface area contributed by atoms with Crippen LogP contribution in [-0.2, 0) is 9.59 Å². The van der Waals surface area contributed by atoms with Crippen LogP contribution in [0.3, 0.4) is 0 Å². The topological polar surface area (TPSA) is 98.1 Å². The molecule has 118 valence electrons. The van der Waals surface area contributed by atoms with Gasteiger partial charge in [0.2, 0.25) is 0 Å². The number of carbonyl (C=O) groups is 3. The van der Waals surface area contributed by atoms with Crippen LogP contribution in [-0.4, -0.2) is 63.7 Å². The van der Waals surface area contributed by atoms with Gasteiger partial charge in [0.1, 0.15) is 13.1 Å². The van der Waals surface area contributed by atoms with Gasteiger partial charge in [-0.25, -0.2) is 4.79 Å². The molecule has 2 fully saturated rings. The van der Waals surface area contributed by atoms with Gasteiger partial charge in [0.25, 0.3) is 0 Å². The molecule has 7 nitrogen and oxygen atoms in total. The van der Waals surface area contributed by atoms with Gasteiger partial charge < -0.3 is 20.0 Å². The van der Waals surface area contributed by atoms with E-state index < -0.39 is 31.1 Å². The molecule has 21 heavy (non-hydrogen) atoms. The van der Waals surface area contributed by atoms with Gasteiger partial charge in [0, 0.05) is 12.6 Å². The molecule has 0 aromatic heterocycles. The van der Waals surface area contributed by atoms with Crippen LogP contribution in [0, 0.1) is 5.92 Å². The van der Waals surface area contributed by atoms with Crippen molar-refractivity contribution in [2.75, 3.05) is 19.6 Å². The summed E-state index contributed by atoms with van der Waals surface area (Å²) in [6, 6.07) is -0.304. The summed E-state index contributed by atoms with van der Waals surface area (Å²) in [4.78, 5) is 36.9. The molecule has 1 saturated heterocycles. The summed E-state index contributed by atoms with van der Waals surface area (Å²) in [6.07, 6.45) is 6.30. The number of hydrogen-bond acceptors (Lipinski definition) is 3. The maximum atomic E-state index is 12.5. The lowest BCUT2D eigenvalue weighted by molar-refractivity contribution is -0.140. The third kappa shape index (κ3) is 3.86. The van der Waals surface area contributed by atoms with E-state index in [0.717, 1.165) is 37.0 Å². The van der Waals surface area contributed by atoms with Crippen molar-refractivity contribution in [2.24, 2.45) is 5.92 Å².